The molecule has 0 atom stereocenters. The molecule has 168 valence electrons. The van der Waals surface area contributed by atoms with Crippen molar-refractivity contribution in [1.82, 2.24) is 14.7 Å². The summed E-state index contributed by atoms with van der Waals surface area (Å²) in [5.41, 5.74) is 0.923. The van der Waals surface area contributed by atoms with Gasteiger partial charge in [-0.05, 0) is 43.2 Å². The zero-order valence-electron chi connectivity index (χ0n) is 17.9. The van der Waals surface area contributed by atoms with E-state index in [2.05, 4.69) is 0 Å². The average Bonchev–Trinajstić information content (AvgIpc) is 3.33. The number of imide groups is 1. The second-order valence-electron chi connectivity index (χ2n) is 7.78. The van der Waals surface area contributed by atoms with E-state index in [1.807, 2.05) is 0 Å². The van der Waals surface area contributed by atoms with Gasteiger partial charge in [-0.25, -0.2) is 0 Å². The number of benzene rings is 1. The van der Waals surface area contributed by atoms with Gasteiger partial charge in [-0.15, -0.1) is 0 Å². The Morgan fingerprint density at radius 1 is 0.969 bits per heavy atom. The highest BCUT2D eigenvalue weighted by molar-refractivity contribution is 6.22. The highest BCUT2D eigenvalue weighted by Gasteiger charge is 2.36. The Balaban J connectivity index is 1.44. The Morgan fingerprint density at radius 3 is 2.38 bits per heavy atom. The first kappa shape index (κ1) is 21.8. The van der Waals surface area contributed by atoms with E-state index in [9.17, 15) is 19.2 Å². The molecule has 2 aliphatic rings. The number of methoxy groups -OCH3 is 1. The lowest BCUT2D eigenvalue weighted by Crippen LogP contribution is -2.37. The molecule has 2 aliphatic heterocycles. The van der Waals surface area contributed by atoms with Crippen LogP contribution in [-0.2, 0) is 4.74 Å². The first-order valence-electron chi connectivity index (χ1n) is 10.6. The van der Waals surface area contributed by atoms with Gasteiger partial charge in [0.25, 0.3) is 23.6 Å². The topological polar surface area (TPSA) is 100 Å². The number of carbonyl (C=O) groups excluding carboxylic acids is 4. The van der Waals surface area contributed by atoms with Crippen molar-refractivity contribution >= 4 is 23.6 Å². The lowest BCUT2D eigenvalue weighted by Gasteiger charge is -2.22. The maximum Gasteiger partial charge on any atom is 0.289 e. The van der Waals surface area contributed by atoms with Crippen LogP contribution in [0.2, 0.25) is 0 Å². The van der Waals surface area contributed by atoms with E-state index >= 15 is 0 Å². The number of furan rings is 1. The molecular weight excluding hydrogens is 414 g/mol. The third-order valence-corrected chi connectivity index (χ3v) is 5.75. The molecule has 0 saturated carbocycles. The Bertz CT molecular complexity index is 1030. The summed E-state index contributed by atoms with van der Waals surface area (Å²) in [6.07, 6.45) is 2.64. The van der Waals surface area contributed by atoms with E-state index in [4.69, 9.17) is 9.15 Å². The van der Waals surface area contributed by atoms with Crippen molar-refractivity contribution in [2.24, 2.45) is 0 Å². The second-order valence-corrected chi connectivity index (χ2v) is 7.78. The minimum atomic E-state index is -0.387. The fraction of sp³-hybridized carbons (Fsp3) is 0.391. The van der Waals surface area contributed by atoms with Gasteiger partial charge in [0, 0.05) is 52.0 Å². The van der Waals surface area contributed by atoms with E-state index in [0.29, 0.717) is 56.8 Å². The van der Waals surface area contributed by atoms with E-state index in [-0.39, 0.29) is 41.5 Å². The molecule has 3 heterocycles. The number of fused-ring (bicyclic) bond motifs is 1. The van der Waals surface area contributed by atoms with Crippen molar-refractivity contribution in [2.75, 3.05) is 46.4 Å². The van der Waals surface area contributed by atoms with Gasteiger partial charge in [0.15, 0.2) is 5.76 Å². The molecular formula is C23H25N3O6. The van der Waals surface area contributed by atoms with Crippen molar-refractivity contribution in [3.05, 3.63) is 59.0 Å². The third kappa shape index (κ3) is 4.16. The van der Waals surface area contributed by atoms with Gasteiger partial charge in [-0.1, -0.05) is 0 Å². The van der Waals surface area contributed by atoms with Crippen LogP contribution in [0.1, 0.15) is 54.5 Å². The smallest absolute Gasteiger partial charge is 0.289 e. The second kappa shape index (κ2) is 9.35. The molecule has 0 bridgehead atoms. The molecule has 0 radical (unpaired) electrons. The summed E-state index contributed by atoms with van der Waals surface area (Å²) in [7, 11) is 1.56. The van der Waals surface area contributed by atoms with Gasteiger partial charge in [0.05, 0.1) is 17.4 Å². The molecule has 1 saturated heterocycles. The molecule has 1 fully saturated rings. The summed E-state index contributed by atoms with van der Waals surface area (Å²) < 4.78 is 10.2. The lowest BCUT2D eigenvalue weighted by molar-refractivity contribution is 0.0637. The average molecular weight is 439 g/mol. The van der Waals surface area contributed by atoms with E-state index in [1.54, 1.807) is 41.2 Å². The van der Waals surface area contributed by atoms with Crippen LogP contribution < -0.4 is 0 Å². The first-order chi connectivity index (χ1) is 15.5. The number of nitrogens with zero attached hydrogens (tertiary/aromatic N) is 3. The van der Waals surface area contributed by atoms with Crippen molar-refractivity contribution in [2.45, 2.75) is 12.8 Å². The molecule has 0 aliphatic carbocycles. The normalized spacial score (nSPS) is 16.3. The van der Waals surface area contributed by atoms with Crippen LogP contribution in [0, 0.1) is 0 Å². The minimum Gasteiger partial charge on any atom is -0.459 e. The predicted molar refractivity (Wildman–Crippen MR) is 113 cm³/mol. The predicted octanol–water partition coefficient (Wildman–Crippen LogP) is 1.90. The van der Waals surface area contributed by atoms with Crippen LogP contribution in [-0.4, -0.2) is 84.8 Å². The van der Waals surface area contributed by atoms with Gasteiger partial charge in [-0.3, -0.25) is 24.1 Å². The van der Waals surface area contributed by atoms with Gasteiger partial charge in [0.2, 0.25) is 0 Å². The van der Waals surface area contributed by atoms with E-state index < -0.39 is 0 Å². The number of hydrogen-bond acceptors (Lipinski definition) is 6. The van der Waals surface area contributed by atoms with Crippen LogP contribution in [0.15, 0.2) is 41.0 Å². The zero-order chi connectivity index (χ0) is 22.7. The fourth-order valence-electron chi connectivity index (χ4n) is 4.06. The van der Waals surface area contributed by atoms with Gasteiger partial charge in [-0.2, -0.15) is 0 Å². The quantitative estimate of drug-likeness (QED) is 0.503. The summed E-state index contributed by atoms with van der Waals surface area (Å²) in [5.74, 6) is -0.872. The van der Waals surface area contributed by atoms with Crippen molar-refractivity contribution < 1.29 is 28.3 Å². The summed E-state index contributed by atoms with van der Waals surface area (Å²) in [6.45, 7) is 2.50. The highest BCUT2D eigenvalue weighted by atomic mass is 16.5. The lowest BCUT2D eigenvalue weighted by atomic mass is 10.0. The molecule has 9 heteroatoms. The first-order valence-corrected chi connectivity index (χ1v) is 10.6. The van der Waals surface area contributed by atoms with Crippen LogP contribution in [0.5, 0.6) is 0 Å². The van der Waals surface area contributed by atoms with Gasteiger partial charge in [0.1, 0.15) is 0 Å². The molecule has 2 aromatic rings. The number of amides is 4. The summed E-state index contributed by atoms with van der Waals surface area (Å²) in [4.78, 5) is 55.5. The molecule has 1 aromatic heterocycles. The molecule has 0 spiro atoms. The summed E-state index contributed by atoms with van der Waals surface area (Å²) in [6, 6.07) is 7.92. The number of ether oxygens (including phenoxy) is 1. The van der Waals surface area contributed by atoms with Crippen molar-refractivity contribution in [3.63, 3.8) is 0 Å². The third-order valence-electron chi connectivity index (χ3n) is 5.75. The van der Waals surface area contributed by atoms with Crippen LogP contribution in [0.3, 0.4) is 0 Å². The van der Waals surface area contributed by atoms with Gasteiger partial charge < -0.3 is 19.0 Å². The van der Waals surface area contributed by atoms with Gasteiger partial charge >= 0.3 is 0 Å². The molecule has 4 rings (SSSR count). The van der Waals surface area contributed by atoms with Crippen molar-refractivity contribution in [1.29, 1.82) is 0 Å². The minimum absolute atomic E-state index is 0.195. The van der Waals surface area contributed by atoms with Crippen LogP contribution >= 0.6 is 0 Å². The maximum absolute atomic E-state index is 13.1. The molecule has 0 unspecified atom stereocenters. The summed E-state index contributed by atoms with van der Waals surface area (Å²) in [5, 5.41) is 0. The molecule has 1 aromatic carbocycles. The summed E-state index contributed by atoms with van der Waals surface area (Å²) >= 11 is 0. The maximum atomic E-state index is 13.1. The number of hydrogen-bond donors (Lipinski definition) is 0. The van der Waals surface area contributed by atoms with Crippen LogP contribution in [0.25, 0.3) is 0 Å². The number of rotatable bonds is 6. The van der Waals surface area contributed by atoms with Crippen LogP contribution in [0.4, 0.5) is 0 Å². The molecule has 32 heavy (non-hydrogen) atoms. The highest BCUT2D eigenvalue weighted by Crippen LogP contribution is 2.25. The molecule has 0 N–H and O–H groups in total. The molecule has 4 amide bonds. The molecule has 9 nitrogen and oxygen atoms in total. The van der Waals surface area contributed by atoms with E-state index in [0.717, 1.165) is 0 Å². The standard InChI is InChI=1S/C23H25N3O6/c1-31-13-4-10-26-21(28)17-7-6-16(15-18(17)22(26)29)20(27)24-8-3-9-25(12-11-24)23(30)19-5-2-14-32-19/h2,5-7,14-15H,3-4,8-13H2,1H3. The fourth-order valence-corrected chi connectivity index (χ4v) is 4.06. The largest absolute Gasteiger partial charge is 0.459 e. The Hall–Kier alpha value is -3.46. The monoisotopic (exact) mass is 439 g/mol. The SMILES string of the molecule is COCCCN1C(=O)c2ccc(C(=O)N3CCCN(C(=O)c4ccco4)CC3)cc2C1=O. The zero-order valence-corrected chi connectivity index (χ0v) is 17.9. The Labute approximate surface area is 185 Å². The number of carbonyl (C=O) groups is 4. The van der Waals surface area contributed by atoms with E-state index in [1.165, 1.54) is 17.2 Å². The Morgan fingerprint density at radius 2 is 1.69 bits per heavy atom. The van der Waals surface area contributed by atoms with Crippen molar-refractivity contribution in [3.8, 4) is 0 Å². The Kier molecular flexibility index (Phi) is 6.36.